The number of sulfonamides is 1. The lowest BCUT2D eigenvalue weighted by atomic mass is 10.0. The quantitative estimate of drug-likeness (QED) is 0.168. The molecule has 0 saturated carbocycles. The van der Waals surface area contributed by atoms with E-state index in [-0.39, 0.29) is 22.3 Å². The van der Waals surface area contributed by atoms with Gasteiger partial charge in [0.15, 0.2) is 11.5 Å². The van der Waals surface area contributed by atoms with Crippen molar-refractivity contribution in [1.82, 2.24) is 5.43 Å². The number of hydrogen-bond donors (Lipinski definition) is 1. The van der Waals surface area contributed by atoms with Crippen LogP contribution in [0.2, 0.25) is 0 Å². The number of hydrogen-bond acceptors (Lipinski definition) is 8. The molecule has 0 heterocycles. The van der Waals surface area contributed by atoms with E-state index < -0.39 is 28.6 Å². The van der Waals surface area contributed by atoms with Gasteiger partial charge in [-0.1, -0.05) is 43.7 Å². The second-order valence-electron chi connectivity index (χ2n) is 8.83. The summed E-state index contributed by atoms with van der Waals surface area (Å²) >= 11 is 0. The van der Waals surface area contributed by atoms with Gasteiger partial charge in [-0.3, -0.25) is 9.10 Å². The van der Waals surface area contributed by atoms with E-state index in [1.807, 2.05) is 32.9 Å². The van der Waals surface area contributed by atoms with Crippen LogP contribution in [0.4, 0.5) is 10.5 Å². The first-order chi connectivity index (χ1) is 18.5. The van der Waals surface area contributed by atoms with Crippen molar-refractivity contribution >= 4 is 34.0 Å². The summed E-state index contributed by atoms with van der Waals surface area (Å²) in [5.41, 5.74) is 5.20. The Bertz CT molecular complexity index is 1430. The summed E-state index contributed by atoms with van der Waals surface area (Å²) in [7, 11) is -1.46. The lowest BCUT2D eigenvalue weighted by Crippen LogP contribution is -2.39. The second kappa shape index (κ2) is 12.9. The number of aryl methyl sites for hydroxylation is 1. The Morgan fingerprint density at radius 2 is 1.64 bits per heavy atom. The minimum absolute atomic E-state index is 0.0682. The van der Waals surface area contributed by atoms with Crippen molar-refractivity contribution in [2.45, 2.75) is 31.6 Å². The molecule has 11 heteroatoms. The van der Waals surface area contributed by atoms with Crippen molar-refractivity contribution in [2.24, 2.45) is 5.10 Å². The number of hydrazone groups is 1. The third-order valence-corrected chi connectivity index (χ3v) is 7.48. The summed E-state index contributed by atoms with van der Waals surface area (Å²) < 4.78 is 42.8. The molecule has 0 spiro atoms. The Kier molecular flexibility index (Phi) is 9.67. The molecule has 3 rings (SSSR count). The molecule has 0 fully saturated rings. The summed E-state index contributed by atoms with van der Waals surface area (Å²) in [6, 6.07) is 18.1. The van der Waals surface area contributed by atoms with Crippen LogP contribution >= 0.6 is 0 Å². The van der Waals surface area contributed by atoms with Gasteiger partial charge in [0, 0.05) is 0 Å². The fourth-order valence-corrected chi connectivity index (χ4v) is 4.92. The van der Waals surface area contributed by atoms with Gasteiger partial charge < -0.3 is 14.2 Å². The van der Waals surface area contributed by atoms with Crippen molar-refractivity contribution in [3.05, 3.63) is 83.4 Å². The average molecular weight is 554 g/mol. The van der Waals surface area contributed by atoms with E-state index in [2.05, 4.69) is 15.3 Å². The standard InChI is InChI=1S/C28H31N3O7S/c1-19(2)22-9-11-23(12-10-22)31(39(34,35)24-13-6-20(3)7-14-24)18-27(32)30-29-17-21-8-15-25(26(16-21)36-4)38-28(33)37-5/h6-17,19H,18H2,1-5H3,(H,30,32)/b29-17+. The van der Waals surface area contributed by atoms with E-state index >= 15 is 0 Å². The predicted molar refractivity (Wildman–Crippen MR) is 148 cm³/mol. The van der Waals surface area contributed by atoms with Gasteiger partial charge in [0.05, 0.1) is 31.0 Å². The molecule has 1 amide bonds. The Morgan fingerprint density at radius 1 is 0.974 bits per heavy atom. The lowest BCUT2D eigenvalue weighted by Gasteiger charge is -2.24. The molecule has 0 aromatic heterocycles. The molecule has 0 radical (unpaired) electrons. The first-order valence-electron chi connectivity index (χ1n) is 12.0. The number of methoxy groups -OCH3 is 2. The summed E-state index contributed by atoms with van der Waals surface area (Å²) in [5.74, 6) is 0.00732. The summed E-state index contributed by atoms with van der Waals surface area (Å²) in [6.45, 7) is 5.44. The Morgan fingerprint density at radius 3 is 2.23 bits per heavy atom. The fourth-order valence-electron chi connectivity index (χ4n) is 3.50. The summed E-state index contributed by atoms with van der Waals surface area (Å²) in [6.07, 6.45) is 0.449. The van der Waals surface area contributed by atoms with Crippen LogP contribution in [0.15, 0.2) is 76.7 Å². The zero-order valence-electron chi connectivity index (χ0n) is 22.4. The van der Waals surface area contributed by atoms with E-state index in [9.17, 15) is 18.0 Å². The van der Waals surface area contributed by atoms with E-state index in [4.69, 9.17) is 9.47 Å². The molecule has 39 heavy (non-hydrogen) atoms. The van der Waals surface area contributed by atoms with Crippen molar-refractivity contribution in [2.75, 3.05) is 25.1 Å². The maximum atomic E-state index is 13.5. The highest BCUT2D eigenvalue weighted by Gasteiger charge is 2.27. The smallest absolute Gasteiger partial charge is 0.493 e. The van der Waals surface area contributed by atoms with Crippen LogP contribution < -0.4 is 19.2 Å². The molecule has 0 aliphatic carbocycles. The number of nitrogens with one attached hydrogen (secondary N) is 1. The molecule has 3 aromatic carbocycles. The van der Waals surface area contributed by atoms with Crippen LogP contribution in [-0.2, 0) is 19.6 Å². The van der Waals surface area contributed by atoms with E-state index in [0.717, 1.165) is 15.4 Å². The van der Waals surface area contributed by atoms with Crippen LogP contribution in [0.5, 0.6) is 11.5 Å². The number of anilines is 1. The first-order valence-corrected chi connectivity index (χ1v) is 13.4. The molecule has 0 aliphatic heterocycles. The number of rotatable bonds is 10. The highest BCUT2D eigenvalue weighted by molar-refractivity contribution is 7.92. The topological polar surface area (TPSA) is 124 Å². The molecule has 10 nitrogen and oxygen atoms in total. The lowest BCUT2D eigenvalue weighted by molar-refractivity contribution is -0.119. The van der Waals surface area contributed by atoms with Gasteiger partial charge in [0.2, 0.25) is 0 Å². The zero-order valence-corrected chi connectivity index (χ0v) is 23.2. The maximum Gasteiger partial charge on any atom is 0.513 e. The zero-order chi connectivity index (χ0) is 28.6. The Labute approximate surface area is 228 Å². The summed E-state index contributed by atoms with van der Waals surface area (Å²) in [4.78, 5) is 24.3. The van der Waals surface area contributed by atoms with Crippen LogP contribution in [0.3, 0.4) is 0 Å². The predicted octanol–water partition coefficient (Wildman–Crippen LogP) is 4.62. The minimum atomic E-state index is -4.05. The highest BCUT2D eigenvalue weighted by Crippen LogP contribution is 2.28. The number of ether oxygens (including phenoxy) is 3. The monoisotopic (exact) mass is 553 g/mol. The van der Waals surface area contributed by atoms with Crippen molar-refractivity contribution < 1.29 is 32.2 Å². The fraction of sp³-hybridized carbons (Fsp3) is 0.250. The van der Waals surface area contributed by atoms with E-state index in [1.165, 1.54) is 38.6 Å². The molecular weight excluding hydrogens is 522 g/mol. The van der Waals surface area contributed by atoms with Crippen LogP contribution in [0.1, 0.15) is 36.5 Å². The Hall–Kier alpha value is -4.38. The molecule has 0 atom stereocenters. The van der Waals surface area contributed by atoms with Gasteiger partial charge in [0.1, 0.15) is 6.54 Å². The van der Waals surface area contributed by atoms with E-state index in [1.54, 1.807) is 36.4 Å². The van der Waals surface area contributed by atoms with Crippen LogP contribution in [0, 0.1) is 6.92 Å². The molecular formula is C28H31N3O7S. The molecule has 3 aromatic rings. The van der Waals surface area contributed by atoms with Gasteiger partial charge >= 0.3 is 6.16 Å². The van der Waals surface area contributed by atoms with Gasteiger partial charge in [-0.2, -0.15) is 5.10 Å². The molecule has 0 bridgehead atoms. The highest BCUT2D eigenvalue weighted by atomic mass is 32.2. The van der Waals surface area contributed by atoms with E-state index in [0.29, 0.717) is 11.3 Å². The van der Waals surface area contributed by atoms with Gasteiger partial charge in [-0.05, 0) is 66.4 Å². The van der Waals surface area contributed by atoms with Gasteiger partial charge in [-0.25, -0.2) is 18.6 Å². The molecule has 1 N–H and O–H groups in total. The van der Waals surface area contributed by atoms with Crippen LogP contribution in [-0.4, -0.2) is 47.5 Å². The van der Waals surface area contributed by atoms with Gasteiger partial charge in [-0.15, -0.1) is 0 Å². The Balaban J connectivity index is 1.81. The number of carbonyl (C=O) groups is 2. The normalized spacial score (nSPS) is 11.3. The third-order valence-electron chi connectivity index (χ3n) is 5.69. The number of benzene rings is 3. The van der Waals surface area contributed by atoms with Gasteiger partial charge in [0.25, 0.3) is 15.9 Å². The average Bonchev–Trinajstić information content (AvgIpc) is 2.92. The van der Waals surface area contributed by atoms with Crippen molar-refractivity contribution in [1.29, 1.82) is 0 Å². The maximum absolute atomic E-state index is 13.5. The molecule has 0 aliphatic rings. The number of carbonyl (C=O) groups excluding carboxylic acids is 2. The SMILES string of the molecule is COC(=O)Oc1ccc(/C=N/NC(=O)CN(c2ccc(C(C)C)cc2)S(=O)(=O)c2ccc(C)cc2)cc1OC. The first kappa shape index (κ1) is 29.2. The largest absolute Gasteiger partial charge is 0.513 e. The molecule has 0 saturated heterocycles. The minimum Gasteiger partial charge on any atom is -0.493 e. The second-order valence-corrected chi connectivity index (χ2v) is 10.7. The number of nitrogens with zero attached hydrogens (tertiary/aromatic N) is 2. The molecule has 206 valence electrons. The van der Waals surface area contributed by atoms with Crippen molar-refractivity contribution in [3.63, 3.8) is 0 Å². The molecule has 0 unspecified atom stereocenters. The van der Waals surface area contributed by atoms with Crippen LogP contribution in [0.25, 0.3) is 0 Å². The number of amides is 1. The third kappa shape index (κ3) is 7.57. The van der Waals surface area contributed by atoms with Crippen molar-refractivity contribution in [3.8, 4) is 11.5 Å². The summed E-state index contributed by atoms with van der Waals surface area (Å²) in [5, 5.41) is 3.94.